The van der Waals surface area contributed by atoms with Crippen LogP contribution in [-0.2, 0) is 0 Å². The van der Waals surface area contributed by atoms with Crippen molar-refractivity contribution in [3.63, 3.8) is 0 Å². The molecule has 0 aliphatic rings. The lowest BCUT2D eigenvalue weighted by atomic mass is 10.4. The molecule has 3 nitrogen and oxygen atoms in total. The Balaban J connectivity index is 5.96. The summed E-state index contributed by atoms with van der Waals surface area (Å²) in [5.41, 5.74) is 0. The summed E-state index contributed by atoms with van der Waals surface area (Å²) < 4.78 is 3.06. The first-order valence-corrected chi connectivity index (χ1v) is 14.4. The van der Waals surface area contributed by atoms with Crippen molar-refractivity contribution >= 4 is 16.8 Å². The molecule has 2 unspecified atom stereocenters. The Morgan fingerprint density at radius 2 is 1.09 bits per heavy atom. The lowest BCUT2D eigenvalue weighted by molar-refractivity contribution is 0.456. The van der Waals surface area contributed by atoms with E-state index in [1.165, 1.54) is 37.0 Å². The normalized spacial score (nSPS) is 17.7. The molecule has 0 fully saturated rings. The third kappa shape index (κ3) is 5.16. The van der Waals surface area contributed by atoms with Gasteiger partial charge in [-0.05, 0) is 43.3 Å². The Labute approximate surface area is 143 Å². The van der Waals surface area contributed by atoms with Crippen molar-refractivity contribution in [1.29, 1.82) is 0 Å². The Hall–Kier alpha value is 0.314. The molecule has 0 aromatic rings. The minimum Gasteiger partial charge on any atom is -0.326 e. The fourth-order valence-electron chi connectivity index (χ4n) is 4.42. The van der Waals surface area contributed by atoms with E-state index in [-0.39, 0.29) is 0 Å². The first-order chi connectivity index (χ1) is 10.4. The molecule has 0 aliphatic carbocycles. The van der Waals surface area contributed by atoms with E-state index >= 15 is 0 Å². The second kappa shape index (κ2) is 11.0. The molecule has 0 radical (unpaired) electrons. The Morgan fingerprint density at radius 1 is 0.727 bits per heavy atom. The van der Waals surface area contributed by atoms with Crippen molar-refractivity contribution in [2.75, 3.05) is 13.1 Å². The highest BCUT2D eigenvalue weighted by molar-refractivity contribution is 6.90. The molecule has 0 amide bonds. The van der Waals surface area contributed by atoms with Crippen LogP contribution in [-0.4, -0.2) is 40.2 Å². The van der Waals surface area contributed by atoms with Gasteiger partial charge in [0.1, 0.15) is 0 Å². The van der Waals surface area contributed by atoms with Gasteiger partial charge >= 0.3 is 0 Å². The van der Waals surface area contributed by atoms with E-state index in [0.717, 1.165) is 13.1 Å². The summed E-state index contributed by atoms with van der Waals surface area (Å²) >= 11 is 0. The highest BCUT2D eigenvalue weighted by Gasteiger charge is 2.50. The van der Waals surface area contributed by atoms with Gasteiger partial charge in [0.2, 0.25) is 0 Å². The standard InChI is InChI=1S/C17H43N3Si2/c1-9-15-21(13-5,18-11-3)20(17(7)8)22(14-6,16-10-2)19-12-4/h17-19H,9-16H2,1-8H3. The molecule has 22 heavy (non-hydrogen) atoms. The zero-order valence-electron chi connectivity index (χ0n) is 16.7. The first-order valence-electron chi connectivity index (χ1n) is 9.72. The Morgan fingerprint density at radius 3 is 1.27 bits per heavy atom. The largest absolute Gasteiger partial charge is 0.326 e. The van der Waals surface area contributed by atoms with Gasteiger partial charge in [0.15, 0.2) is 16.8 Å². The van der Waals surface area contributed by atoms with Crippen molar-refractivity contribution in [2.24, 2.45) is 0 Å². The number of rotatable bonds is 13. The topological polar surface area (TPSA) is 27.3 Å². The van der Waals surface area contributed by atoms with Gasteiger partial charge in [0.05, 0.1) is 0 Å². The summed E-state index contributed by atoms with van der Waals surface area (Å²) in [5, 5.41) is 0. The van der Waals surface area contributed by atoms with Crippen molar-refractivity contribution in [2.45, 2.75) is 98.4 Å². The fraction of sp³-hybridized carbons (Fsp3) is 1.00. The van der Waals surface area contributed by atoms with E-state index in [1.54, 1.807) is 0 Å². The van der Waals surface area contributed by atoms with Gasteiger partial charge in [0.25, 0.3) is 0 Å². The maximum atomic E-state index is 4.04. The highest BCUT2D eigenvalue weighted by Crippen LogP contribution is 2.32. The fourth-order valence-corrected chi connectivity index (χ4v) is 17.8. The predicted octanol–water partition coefficient (Wildman–Crippen LogP) is 4.66. The lowest BCUT2D eigenvalue weighted by Gasteiger charge is -2.55. The smallest absolute Gasteiger partial charge is 0.198 e. The summed E-state index contributed by atoms with van der Waals surface area (Å²) in [4.78, 5) is 8.09. The molecule has 2 atom stereocenters. The van der Waals surface area contributed by atoms with Crippen LogP contribution in [0.15, 0.2) is 0 Å². The molecule has 0 spiro atoms. The molecule has 5 heteroatoms. The van der Waals surface area contributed by atoms with E-state index in [0.29, 0.717) is 6.04 Å². The molecule has 2 N–H and O–H groups in total. The lowest BCUT2D eigenvalue weighted by Crippen LogP contribution is -2.78. The van der Waals surface area contributed by atoms with Crippen LogP contribution in [0.25, 0.3) is 0 Å². The average molecular weight is 346 g/mol. The van der Waals surface area contributed by atoms with Gasteiger partial charge in [-0.25, -0.2) is 0 Å². The third-order valence-corrected chi connectivity index (χ3v) is 17.4. The van der Waals surface area contributed by atoms with Crippen LogP contribution in [0, 0.1) is 0 Å². The van der Waals surface area contributed by atoms with Crippen molar-refractivity contribution in [3.8, 4) is 0 Å². The molecule has 0 bridgehead atoms. The van der Waals surface area contributed by atoms with Gasteiger partial charge in [-0.15, -0.1) is 0 Å². The Kier molecular flexibility index (Phi) is 11.1. The van der Waals surface area contributed by atoms with Gasteiger partial charge < -0.3 is 14.2 Å². The van der Waals surface area contributed by atoms with Gasteiger partial charge in [-0.2, -0.15) is 0 Å². The minimum absolute atomic E-state index is 0.634. The molecular formula is C17H43N3Si2. The van der Waals surface area contributed by atoms with Crippen LogP contribution in [0.5, 0.6) is 0 Å². The number of nitrogens with zero attached hydrogens (tertiary/aromatic N) is 1. The molecule has 134 valence electrons. The molecule has 0 saturated carbocycles. The molecule has 0 aromatic heterocycles. The van der Waals surface area contributed by atoms with Gasteiger partial charge in [-0.3, -0.25) is 0 Å². The second-order valence-electron chi connectivity index (χ2n) is 6.79. The molecule has 0 heterocycles. The van der Waals surface area contributed by atoms with Crippen LogP contribution in [0.4, 0.5) is 0 Å². The first kappa shape index (κ1) is 22.3. The van der Waals surface area contributed by atoms with Crippen molar-refractivity contribution in [1.82, 2.24) is 14.2 Å². The molecule has 0 aliphatic heterocycles. The van der Waals surface area contributed by atoms with Gasteiger partial charge in [0, 0.05) is 0 Å². The minimum atomic E-state index is -1.61. The van der Waals surface area contributed by atoms with Crippen LogP contribution < -0.4 is 9.96 Å². The molecule has 0 aromatic carbocycles. The van der Waals surface area contributed by atoms with E-state index in [4.69, 9.17) is 0 Å². The van der Waals surface area contributed by atoms with E-state index < -0.39 is 16.8 Å². The molecular weight excluding hydrogens is 302 g/mol. The van der Waals surface area contributed by atoms with Crippen LogP contribution >= 0.6 is 0 Å². The second-order valence-corrected chi connectivity index (χ2v) is 15.5. The highest BCUT2D eigenvalue weighted by atomic mass is 28.4. The van der Waals surface area contributed by atoms with Crippen molar-refractivity contribution < 1.29 is 0 Å². The zero-order chi connectivity index (χ0) is 17.2. The van der Waals surface area contributed by atoms with E-state index in [1.807, 2.05) is 0 Å². The van der Waals surface area contributed by atoms with Crippen LogP contribution in [0.3, 0.4) is 0 Å². The molecule has 0 rings (SSSR count). The maximum Gasteiger partial charge on any atom is 0.198 e. The third-order valence-electron chi connectivity index (χ3n) is 4.95. The van der Waals surface area contributed by atoms with E-state index in [9.17, 15) is 0 Å². The molecule has 0 saturated heterocycles. The summed E-state index contributed by atoms with van der Waals surface area (Å²) in [7, 11) is -3.22. The summed E-state index contributed by atoms with van der Waals surface area (Å²) in [6.45, 7) is 21.2. The van der Waals surface area contributed by atoms with Gasteiger partial charge in [-0.1, -0.05) is 68.2 Å². The monoisotopic (exact) mass is 345 g/mol. The van der Waals surface area contributed by atoms with Crippen LogP contribution in [0.1, 0.15) is 68.2 Å². The maximum absolute atomic E-state index is 4.04. The zero-order valence-corrected chi connectivity index (χ0v) is 18.7. The summed E-state index contributed by atoms with van der Waals surface area (Å²) in [5.74, 6) is 0. The number of hydrogen-bond acceptors (Lipinski definition) is 3. The Bertz CT molecular complexity index is 249. The number of nitrogens with one attached hydrogen (secondary N) is 2. The predicted molar refractivity (Wildman–Crippen MR) is 107 cm³/mol. The quantitative estimate of drug-likeness (QED) is 0.475. The average Bonchev–Trinajstić information content (AvgIpc) is 2.47. The SMILES string of the molecule is CCC[Si](CC)(NCC)N(C(C)C)[Si](CC)(CCC)NCC. The number of hydrogen-bond donors (Lipinski definition) is 2. The summed E-state index contributed by atoms with van der Waals surface area (Å²) in [6.07, 6.45) is 2.59. The van der Waals surface area contributed by atoms with E-state index in [2.05, 4.69) is 69.6 Å². The summed E-state index contributed by atoms with van der Waals surface area (Å²) in [6, 6.07) is 6.01. The van der Waals surface area contributed by atoms with Crippen molar-refractivity contribution in [3.05, 3.63) is 0 Å². The van der Waals surface area contributed by atoms with Crippen LogP contribution in [0.2, 0.25) is 24.2 Å².